The number of halogens is 2. The molecule has 9 heteroatoms. The molecule has 4 aromatic rings. The number of fused-ring (bicyclic) bond motifs is 1. The number of benzene rings is 2. The fourth-order valence-electron chi connectivity index (χ4n) is 3.41. The van der Waals surface area contributed by atoms with E-state index in [1.165, 1.54) is 0 Å². The van der Waals surface area contributed by atoms with Crippen LogP contribution in [0.4, 0.5) is 11.6 Å². The highest BCUT2D eigenvalue weighted by molar-refractivity contribution is 6.32. The highest BCUT2D eigenvalue weighted by Crippen LogP contribution is 2.30. The Hall–Kier alpha value is -3.03. The number of aryl methyl sites for hydroxylation is 1. The normalized spacial score (nSPS) is 11.3. The molecule has 0 saturated carbocycles. The molecule has 166 valence electrons. The summed E-state index contributed by atoms with van der Waals surface area (Å²) in [5.41, 5.74) is 2.34. The lowest BCUT2D eigenvalue weighted by Gasteiger charge is -2.16. The Kier molecular flexibility index (Phi) is 6.39. The number of aromatic nitrogens is 4. The van der Waals surface area contributed by atoms with E-state index >= 15 is 0 Å². The molecular weight excluding hydrogens is 449 g/mol. The van der Waals surface area contributed by atoms with Gasteiger partial charge in [-0.05, 0) is 56.7 Å². The first-order chi connectivity index (χ1) is 15.4. The number of imidazole rings is 1. The number of rotatable bonds is 7. The molecule has 0 aliphatic rings. The Morgan fingerprint density at radius 3 is 2.53 bits per heavy atom. The van der Waals surface area contributed by atoms with Crippen molar-refractivity contribution in [3.8, 4) is 5.75 Å². The SMILES string of the molecule is CCn1cnc2c1c(=O)nc(Nc1ccc(OC(C)C)c(Cl)c1)n2Cc1ccc(Cl)cc1. The summed E-state index contributed by atoms with van der Waals surface area (Å²) in [4.78, 5) is 21.7. The first-order valence-corrected chi connectivity index (χ1v) is 11.0. The maximum Gasteiger partial charge on any atom is 0.300 e. The van der Waals surface area contributed by atoms with Gasteiger partial charge in [-0.25, -0.2) is 4.98 Å². The summed E-state index contributed by atoms with van der Waals surface area (Å²) in [6.07, 6.45) is 1.67. The Morgan fingerprint density at radius 2 is 1.88 bits per heavy atom. The van der Waals surface area contributed by atoms with Gasteiger partial charge in [0.15, 0.2) is 11.2 Å². The molecule has 0 amide bonds. The van der Waals surface area contributed by atoms with Crippen LogP contribution < -0.4 is 15.6 Å². The van der Waals surface area contributed by atoms with Gasteiger partial charge in [0.2, 0.25) is 5.95 Å². The zero-order valence-electron chi connectivity index (χ0n) is 18.0. The van der Waals surface area contributed by atoms with Gasteiger partial charge < -0.3 is 14.6 Å². The zero-order valence-corrected chi connectivity index (χ0v) is 19.5. The zero-order chi connectivity index (χ0) is 22.8. The number of nitrogens with one attached hydrogen (secondary N) is 1. The summed E-state index contributed by atoms with van der Waals surface area (Å²) in [5.74, 6) is 0.961. The molecule has 2 heterocycles. The predicted molar refractivity (Wildman–Crippen MR) is 129 cm³/mol. The van der Waals surface area contributed by atoms with Crippen molar-refractivity contribution in [1.82, 2.24) is 19.1 Å². The van der Waals surface area contributed by atoms with Crippen molar-refractivity contribution < 1.29 is 4.74 Å². The van der Waals surface area contributed by atoms with E-state index in [1.807, 2.05) is 55.7 Å². The molecule has 0 saturated heterocycles. The van der Waals surface area contributed by atoms with Gasteiger partial charge in [0.1, 0.15) is 5.75 Å². The molecule has 1 N–H and O–H groups in total. The van der Waals surface area contributed by atoms with Crippen molar-refractivity contribution in [3.05, 3.63) is 74.8 Å². The van der Waals surface area contributed by atoms with Gasteiger partial charge in [-0.3, -0.25) is 9.36 Å². The van der Waals surface area contributed by atoms with E-state index < -0.39 is 0 Å². The standard InChI is InChI=1S/C23H23Cl2N5O2/c1-4-29-13-26-21-20(29)22(31)28-23(30(21)12-15-5-7-16(24)8-6-15)27-17-9-10-19(18(25)11-17)32-14(2)3/h5-11,13-14H,4,12H2,1-3H3,(H,27,28,31). The molecule has 0 aliphatic carbocycles. The first kappa shape index (κ1) is 22.2. The highest BCUT2D eigenvalue weighted by atomic mass is 35.5. The average molecular weight is 472 g/mol. The van der Waals surface area contributed by atoms with Crippen LogP contribution in [0.15, 0.2) is 53.6 Å². The maximum atomic E-state index is 12.8. The molecule has 0 spiro atoms. The van der Waals surface area contributed by atoms with E-state index in [9.17, 15) is 4.79 Å². The fraction of sp³-hybridized carbons (Fsp3) is 0.261. The van der Waals surface area contributed by atoms with Crippen molar-refractivity contribution in [1.29, 1.82) is 0 Å². The lowest BCUT2D eigenvalue weighted by molar-refractivity contribution is 0.242. The van der Waals surface area contributed by atoms with E-state index in [0.717, 1.165) is 5.56 Å². The number of ether oxygens (including phenoxy) is 1. The molecule has 0 unspecified atom stereocenters. The predicted octanol–water partition coefficient (Wildman–Crippen LogP) is 5.50. The maximum absolute atomic E-state index is 12.8. The minimum atomic E-state index is -0.347. The van der Waals surface area contributed by atoms with E-state index in [-0.39, 0.29) is 11.7 Å². The van der Waals surface area contributed by atoms with Gasteiger partial charge in [0.05, 0.1) is 24.0 Å². The third-order valence-corrected chi connectivity index (χ3v) is 5.43. The Balaban J connectivity index is 1.78. The van der Waals surface area contributed by atoms with Crippen LogP contribution in [0.3, 0.4) is 0 Å². The van der Waals surface area contributed by atoms with Gasteiger partial charge in [-0.1, -0.05) is 35.3 Å². The Labute approximate surface area is 195 Å². The van der Waals surface area contributed by atoms with E-state index in [4.69, 9.17) is 27.9 Å². The molecule has 2 aromatic heterocycles. The number of anilines is 2. The van der Waals surface area contributed by atoms with Gasteiger partial charge in [-0.15, -0.1) is 0 Å². The molecule has 32 heavy (non-hydrogen) atoms. The second-order valence-corrected chi connectivity index (χ2v) is 8.44. The Bertz CT molecular complexity index is 1310. The van der Waals surface area contributed by atoms with Crippen LogP contribution in [0, 0.1) is 0 Å². The smallest absolute Gasteiger partial charge is 0.300 e. The van der Waals surface area contributed by atoms with Gasteiger partial charge in [-0.2, -0.15) is 4.98 Å². The summed E-state index contributed by atoms with van der Waals surface area (Å²) in [6, 6.07) is 12.9. The molecule has 0 radical (unpaired) electrons. The number of nitrogens with zero attached hydrogens (tertiary/aromatic N) is 4. The van der Waals surface area contributed by atoms with Crippen LogP contribution in [0.25, 0.3) is 11.2 Å². The quantitative estimate of drug-likeness (QED) is 0.385. The van der Waals surface area contributed by atoms with E-state index in [2.05, 4.69) is 15.3 Å². The van der Waals surface area contributed by atoms with Gasteiger partial charge >= 0.3 is 5.56 Å². The molecule has 0 bridgehead atoms. The highest BCUT2D eigenvalue weighted by Gasteiger charge is 2.17. The average Bonchev–Trinajstić information content (AvgIpc) is 3.19. The summed E-state index contributed by atoms with van der Waals surface area (Å²) in [6.45, 7) is 6.90. The first-order valence-electron chi connectivity index (χ1n) is 10.3. The van der Waals surface area contributed by atoms with Crippen LogP contribution >= 0.6 is 23.2 Å². The summed E-state index contributed by atoms with van der Waals surface area (Å²) in [5, 5.41) is 4.34. The summed E-state index contributed by atoms with van der Waals surface area (Å²) >= 11 is 12.4. The van der Waals surface area contributed by atoms with Crippen LogP contribution in [0.1, 0.15) is 26.3 Å². The monoisotopic (exact) mass is 471 g/mol. The third kappa shape index (κ3) is 4.59. The second kappa shape index (κ2) is 9.22. The van der Waals surface area contributed by atoms with Crippen LogP contribution in [0.5, 0.6) is 5.75 Å². The van der Waals surface area contributed by atoms with Crippen LogP contribution in [0.2, 0.25) is 10.0 Å². The molecule has 0 atom stereocenters. The van der Waals surface area contributed by atoms with Crippen molar-refractivity contribution >= 4 is 46.0 Å². The van der Waals surface area contributed by atoms with Crippen molar-refractivity contribution in [2.45, 2.75) is 40.0 Å². The van der Waals surface area contributed by atoms with Crippen molar-refractivity contribution in [3.63, 3.8) is 0 Å². The molecule has 2 aromatic carbocycles. The lowest BCUT2D eigenvalue weighted by Crippen LogP contribution is -2.20. The Morgan fingerprint density at radius 1 is 1.12 bits per heavy atom. The molecule has 7 nitrogen and oxygen atoms in total. The van der Waals surface area contributed by atoms with E-state index in [1.54, 1.807) is 23.0 Å². The largest absolute Gasteiger partial charge is 0.489 e. The molecule has 0 fully saturated rings. The molecule has 4 rings (SSSR count). The fourth-order valence-corrected chi connectivity index (χ4v) is 3.76. The van der Waals surface area contributed by atoms with E-state index in [0.29, 0.717) is 51.7 Å². The van der Waals surface area contributed by atoms with Crippen LogP contribution in [-0.2, 0) is 13.1 Å². The number of hydrogen-bond acceptors (Lipinski definition) is 5. The summed E-state index contributed by atoms with van der Waals surface area (Å²) < 4.78 is 9.37. The van der Waals surface area contributed by atoms with Crippen molar-refractivity contribution in [2.24, 2.45) is 0 Å². The van der Waals surface area contributed by atoms with Crippen molar-refractivity contribution in [2.75, 3.05) is 5.32 Å². The lowest BCUT2D eigenvalue weighted by atomic mass is 10.2. The minimum Gasteiger partial charge on any atom is -0.489 e. The van der Waals surface area contributed by atoms with Gasteiger partial charge in [0, 0.05) is 17.3 Å². The van der Waals surface area contributed by atoms with Crippen LogP contribution in [-0.4, -0.2) is 25.2 Å². The topological polar surface area (TPSA) is 74.0 Å². The minimum absolute atomic E-state index is 0.00798. The third-order valence-electron chi connectivity index (χ3n) is 4.89. The second-order valence-electron chi connectivity index (χ2n) is 7.59. The number of hydrogen-bond donors (Lipinski definition) is 1. The molecule has 0 aliphatic heterocycles. The van der Waals surface area contributed by atoms with Gasteiger partial charge in [0.25, 0.3) is 0 Å². The summed E-state index contributed by atoms with van der Waals surface area (Å²) in [7, 11) is 0. The molecular formula is C23H23Cl2N5O2.